The average Bonchev–Trinajstić information content (AvgIpc) is 2.56. The number of likely N-dealkylation sites (tertiary alicyclic amines) is 1. The van der Waals surface area contributed by atoms with Crippen molar-refractivity contribution in [1.82, 2.24) is 4.90 Å². The first kappa shape index (κ1) is 14.6. The van der Waals surface area contributed by atoms with E-state index in [1.165, 1.54) is 25.0 Å². The summed E-state index contributed by atoms with van der Waals surface area (Å²) in [6.07, 6.45) is 2.72. The Morgan fingerprint density at radius 1 is 1.38 bits per heavy atom. The van der Waals surface area contributed by atoms with Crippen LogP contribution in [0.1, 0.15) is 39.2 Å². The lowest BCUT2D eigenvalue weighted by atomic mass is 9.63. The number of carbonyl (C=O) groups excluding carboxylic acids is 1. The van der Waals surface area contributed by atoms with E-state index >= 15 is 0 Å². The number of fused-ring (bicyclic) bond motifs is 2. The minimum absolute atomic E-state index is 0.134. The Morgan fingerprint density at radius 3 is 2.81 bits per heavy atom. The van der Waals surface area contributed by atoms with Gasteiger partial charge in [0, 0.05) is 13.1 Å². The number of hydrogen-bond donors (Lipinski definition) is 0. The zero-order valence-electron chi connectivity index (χ0n) is 13.2. The van der Waals surface area contributed by atoms with Gasteiger partial charge >= 0.3 is 0 Å². The molecule has 1 aromatic rings. The maximum Gasteiger partial charge on any atom is 0.227 e. The number of nitrogens with zero attached hydrogens (tertiary/aromatic N) is 1. The van der Waals surface area contributed by atoms with Crippen LogP contribution >= 0.6 is 0 Å². The maximum absolute atomic E-state index is 13.2. The van der Waals surface area contributed by atoms with Crippen molar-refractivity contribution >= 4 is 5.91 Å². The van der Waals surface area contributed by atoms with E-state index in [2.05, 4.69) is 20.8 Å². The molecule has 0 spiro atoms. The zero-order valence-corrected chi connectivity index (χ0v) is 13.2. The number of halogens is 1. The molecule has 1 aliphatic heterocycles. The number of carbonyl (C=O) groups is 1. The lowest BCUT2D eigenvalue weighted by Gasteiger charge is -2.50. The predicted octanol–water partition coefficient (Wildman–Crippen LogP) is 3.65. The summed E-state index contributed by atoms with van der Waals surface area (Å²) in [7, 11) is 0. The highest BCUT2D eigenvalue weighted by atomic mass is 19.1. The van der Waals surface area contributed by atoms with E-state index in [-0.39, 0.29) is 17.1 Å². The Hall–Kier alpha value is -1.38. The van der Waals surface area contributed by atoms with Gasteiger partial charge in [0.05, 0.1) is 6.42 Å². The summed E-state index contributed by atoms with van der Waals surface area (Å²) < 4.78 is 13.2. The highest BCUT2D eigenvalue weighted by molar-refractivity contribution is 5.79. The Bertz CT molecular complexity index is 568. The first-order chi connectivity index (χ1) is 9.82. The second-order valence-corrected chi connectivity index (χ2v) is 7.60. The molecular formula is C18H24FNO. The second-order valence-electron chi connectivity index (χ2n) is 7.60. The van der Waals surface area contributed by atoms with Crippen molar-refractivity contribution in [3.8, 4) is 0 Å². The van der Waals surface area contributed by atoms with E-state index < -0.39 is 0 Å². The van der Waals surface area contributed by atoms with Crippen LogP contribution in [-0.2, 0) is 11.2 Å². The molecular weight excluding hydrogens is 265 g/mol. The first-order valence-electron chi connectivity index (χ1n) is 7.84. The number of benzene rings is 1. The van der Waals surface area contributed by atoms with Crippen LogP contribution in [0.15, 0.2) is 24.3 Å². The highest BCUT2D eigenvalue weighted by Gasteiger charge is 2.55. The van der Waals surface area contributed by atoms with Gasteiger partial charge in [-0.3, -0.25) is 4.79 Å². The standard InChI is InChI=1S/C18H24FNO/c1-17(2)14-7-8-18(17,3)12-20(11-14)16(21)10-13-5-4-6-15(19)9-13/h4-6,9,14H,7-8,10-12H2,1-3H3/t14?,18-/m1/s1. The molecule has 1 heterocycles. The normalized spacial score (nSPS) is 30.5. The van der Waals surface area contributed by atoms with Gasteiger partial charge in [0.2, 0.25) is 5.91 Å². The molecule has 1 saturated carbocycles. The van der Waals surface area contributed by atoms with E-state index in [0.717, 1.165) is 18.7 Å². The van der Waals surface area contributed by atoms with Crippen molar-refractivity contribution in [3.63, 3.8) is 0 Å². The van der Waals surface area contributed by atoms with Gasteiger partial charge in [-0.05, 0) is 47.3 Å². The Balaban J connectivity index is 1.73. The number of hydrogen-bond acceptors (Lipinski definition) is 1. The van der Waals surface area contributed by atoms with Crippen molar-refractivity contribution in [2.75, 3.05) is 13.1 Å². The molecule has 2 bridgehead atoms. The molecule has 2 fully saturated rings. The smallest absolute Gasteiger partial charge is 0.227 e. The fourth-order valence-electron chi connectivity index (χ4n) is 4.15. The Morgan fingerprint density at radius 2 is 2.14 bits per heavy atom. The third kappa shape index (κ3) is 2.37. The molecule has 0 N–H and O–H groups in total. The van der Waals surface area contributed by atoms with Crippen LogP contribution < -0.4 is 0 Å². The molecule has 1 saturated heterocycles. The molecule has 2 nitrogen and oxygen atoms in total. The predicted molar refractivity (Wildman–Crippen MR) is 81.3 cm³/mol. The number of rotatable bonds is 2. The van der Waals surface area contributed by atoms with Crippen molar-refractivity contribution in [2.45, 2.75) is 40.0 Å². The molecule has 1 aliphatic carbocycles. The van der Waals surface area contributed by atoms with Crippen molar-refractivity contribution in [3.05, 3.63) is 35.6 Å². The maximum atomic E-state index is 13.2. The molecule has 3 heteroatoms. The monoisotopic (exact) mass is 289 g/mol. The second kappa shape index (κ2) is 4.82. The van der Waals surface area contributed by atoms with E-state index in [4.69, 9.17) is 0 Å². The summed E-state index contributed by atoms with van der Waals surface area (Å²) in [4.78, 5) is 14.6. The van der Waals surface area contributed by atoms with Gasteiger partial charge in [-0.2, -0.15) is 0 Å². The van der Waals surface area contributed by atoms with Crippen LogP contribution in [0.25, 0.3) is 0 Å². The summed E-state index contributed by atoms with van der Waals surface area (Å²) >= 11 is 0. The fourth-order valence-corrected chi connectivity index (χ4v) is 4.15. The van der Waals surface area contributed by atoms with Gasteiger partial charge in [0.1, 0.15) is 5.82 Å². The highest BCUT2D eigenvalue weighted by Crippen LogP contribution is 2.58. The molecule has 1 aromatic carbocycles. The van der Waals surface area contributed by atoms with Crippen LogP contribution in [0.5, 0.6) is 0 Å². The van der Waals surface area contributed by atoms with E-state index in [9.17, 15) is 9.18 Å². The molecule has 3 rings (SSSR count). The number of amides is 1. The van der Waals surface area contributed by atoms with Crippen LogP contribution in [0.2, 0.25) is 0 Å². The summed E-state index contributed by atoms with van der Waals surface area (Å²) in [6, 6.07) is 6.37. The average molecular weight is 289 g/mol. The van der Waals surface area contributed by atoms with E-state index in [1.807, 2.05) is 11.0 Å². The van der Waals surface area contributed by atoms with Crippen molar-refractivity contribution in [1.29, 1.82) is 0 Å². The van der Waals surface area contributed by atoms with Crippen LogP contribution in [0, 0.1) is 22.6 Å². The van der Waals surface area contributed by atoms with Gasteiger partial charge in [0.15, 0.2) is 0 Å². The van der Waals surface area contributed by atoms with Crippen LogP contribution in [0.4, 0.5) is 4.39 Å². The molecule has 114 valence electrons. The van der Waals surface area contributed by atoms with Gasteiger partial charge in [0.25, 0.3) is 0 Å². The molecule has 0 radical (unpaired) electrons. The quantitative estimate of drug-likeness (QED) is 0.814. The lowest BCUT2D eigenvalue weighted by Crippen LogP contribution is -2.54. The van der Waals surface area contributed by atoms with E-state index in [0.29, 0.717) is 17.8 Å². The molecule has 1 unspecified atom stereocenters. The first-order valence-corrected chi connectivity index (χ1v) is 7.84. The van der Waals surface area contributed by atoms with Gasteiger partial charge in [-0.25, -0.2) is 4.39 Å². The number of piperidine rings is 1. The topological polar surface area (TPSA) is 20.3 Å². The van der Waals surface area contributed by atoms with Gasteiger partial charge in [-0.1, -0.05) is 32.9 Å². The largest absolute Gasteiger partial charge is 0.342 e. The van der Waals surface area contributed by atoms with Gasteiger partial charge in [-0.15, -0.1) is 0 Å². The fraction of sp³-hybridized carbons (Fsp3) is 0.611. The summed E-state index contributed by atoms with van der Waals surface area (Å²) in [5.41, 5.74) is 1.29. The van der Waals surface area contributed by atoms with E-state index in [1.54, 1.807) is 6.07 Å². The van der Waals surface area contributed by atoms with Crippen LogP contribution in [0.3, 0.4) is 0 Å². The van der Waals surface area contributed by atoms with Crippen molar-refractivity contribution in [2.24, 2.45) is 16.7 Å². The van der Waals surface area contributed by atoms with Gasteiger partial charge < -0.3 is 4.90 Å². The summed E-state index contributed by atoms with van der Waals surface area (Å²) in [5.74, 6) is 0.453. The zero-order chi connectivity index (χ0) is 15.3. The molecule has 0 aromatic heterocycles. The summed E-state index contributed by atoms with van der Waals surface area (Å²) in [6.45, 7) is 8.70. The Labute approximate surface area is 126 Å². The molecule has 21 heavy (non-hydrogen) atoms. The summed E-state index contributed by atoms with van der Waals surface area (Å²) in [5, 5.41) is 0. The minimum Gasteiger partial charge on any atom is -0.342 e. The lowest BCUT2D eigenvalue weighted by molar-refractivity contribution is -0.138. The molecule has 1 amide bonds. The Kier molecular flexibility index (Phi) is 3.34. The SMILES string of the molecule is CC1(C)C2CC[C@]1(C)CN(C(=O)Cc1cccc(F)c1)C2. The third-order valence-corrected chi connectivity index (χ3v) is 6.20. The molecule has 2 atom stereocenters. The van der Waals surface area contributed by atoms with Crippen LogP contribution in [-0.4, -0.2) is 23.9 Å². The third-order valence-electron chi connectivity index (χ3n) is 6.20. The minimum atomic E-state index is -0.271. The van der Waals surface area contributed by atoms with Crippen molar-refractivity contribution < 1.29 is 9.18 Å². The molecule has 2 aliphatic rings.